The van der Waals surface area contributed by atoms with Gasteiger partial charge in [0.1, 0.15) is 6.26 Å². The van der Waals surface area contributed by atoms with Crippen LogP contribution < -0.4 is 0 Å². The molecule has 74 valence electrons. The molecule has 0 radical (unpaired) electrons. The highest BCUT2D eigenvalue weighted by atomic mass is 16.3. The van der Waals surface area contributed by atoms with Crippen molar-refractivity contribution in [2.24, 2.45) is 0 Å². The second-order valence-corrected chi connectivity index (χ2v) is 2.63. The van der Waals surface area contributed by atoms with Crippen molar-refractivity contribution in [3.63, 3.8) is 0 Å². The number of nitrogens with zero attached hydrogens (tertiary/aromatic N) is 6. The number of rotatable bonds is 2. The van der Waals surface area contributed by atoms with Gasteiger partial charge in [0, 0.05) is 0 Å². The van der Waals surface area contributed by atoms with E-state index >= 15 is 0 Å². The van der Waals surface area contributed by atoms with Gasteiger partial charge < -0.3 is 4.42 Å². The topological polar surface area (TPSA) is 122 Å². The van der Waals surface area contributed by atoms with Crippen LogP contribution in [0.5, 0.6) is 0 Å². The lowest BCUT2D eigenvalue weighted by Crippen LogP contribution is -1.82. The van der Waals surface area contributed by atoms with Crippen LogP contribution in [0, 0.1) is 0 Å². The van der Waals surface area contributed by atoms with E-state index < -0.39 is 0 Å². The Morgan fingerprint density at radius 1 is 1.13 bits per heavy atom. The highest BCUT2D eigenvalue weighted by molar-refractivity contribution is 5.52. The Morgan fingerprint density at radius 2 is 2.13 bits per heavy atom. The Hall–Kier alpha value is -2.58. The lowest BCUT2D eigenvalue weighted by Gasteiger charge is -1.82. The fourth-order valence-corrected chi connectivity index (χ4v) is 1.07. The summed E-state index contributed by atoms with van der Waals surface area (Å²) in [7, 11) is 0. The summed E-state index contributed by atoms with van der Waals surface area (Å²) < 4.78 is 5.18. The zero-order valence-corrected chi connectivity index (χ0v) is 7.25. The van der Waals surface area contributed by atoms with E-state index in [4.69, 9.17) is 4.42 Å². The van der Waals surface area contributed by atoms with Gasteiger partial charge in [-0.2, -0.15) is 20.6 Å². The van der Waals surface area contributed by atoms with E-state index in [1.54, 1.807) is 0 Å². The molecular formula is C6H4N8O. The molecule has 0 saturated carbocycles. The number of H-pyrrole nitrogens is 2. The first-order chi connectivity index (χ1) is 7.43. The molecule has 9 nitrogen and oxygen atoms in total. The minimum Gasteiger partial charge on any atom is -0.442 e. The van der Waals surface area contributed by atoms with Crippen LogP contribution in [0.25, 0.3) is 23.1 Å². The lowest BCUT2D eigenvalue weighted by molar-refractivity contribution is 0.572. The number of hydrogen-bond donors (Lipinski definition) is 2. The highest BCUT2D eigenvalue weighted by Crippen LogP contribution is 2.18. The van der Waals surface area contributed by atoms with Gasteiger partial charge in [-0.15, -0.1) is 10.2 Å². The summed E-state index contributed by atoms with van der Waals surface area (Å²) in [6.07, 6.45) is 2.93. The second-order valence-electron chi connectivity index (χ2n) is 2.63. The molecule has 0 fully saturated rings. The third-order valence-electron chi connectivity index (χ3n) is 1.71. The Morgan fingerprint density at radius 3 is 2.87 bits per heavy atom. The van der Waals surface area contributed by atoms with Crippen molar-refractivity contribution >= 4 is 0 Å². The van der Waals surface area contributed by atoms with Crippen LogP contribution in [-0.4, -0.2) is 41.0 Å². The van der Waals surface area contributed by atoms with Crippen LogP contribution >= 0.6 is 0 Å². The van der Waals surface area contributed by atoms with Crippen molar-refractivity contribution in [1.29, 1.82) is 0 Å². The molecule has 0 aromatic carbocycles. The van der Waals surface area contributed by atoms with Crippen molar-refractivity contribution in [3.05, 3.63) is 12.5 Å². The monoisotopic (exact) mass is 204 g/mol. The van der Waals surface area contributed by atoms with Crippen LogP contribution in [0.15, 0.2) is 16.9 Å². The average molecular weight is 204 g/mol. The Kier molecular flexibility index (Phi) is 1.54. The van der Waals surface area contributed by atoms with Gasteiger partial charge in [-0.25, -0.2) is 4.98 Å². The molecule has 0 aliphatic heterocycles. The molecule has 3 heterocycles. The number of aromatic amines is 2. The first-order valence-corrected chi connectivity index (χ1v) is 3.99. The fraction of sp³-hybridized carbons (Fsp3) is 0. The molecule has 0 bridgehead atoms. The smallest absolute Gasteiger partial charge is 0.249 e. The molecular weight excluding hydrogens is 200 g/mol. The largest absolute Gasteiger partial charge is 0.442 e. The Bertz CT molecular complexity index is 489. The van der Waals surface area contributed by atoms with Crippen molar-refractivity contribution < 1.29 is 4.42 Å². The minimum absolute atomic E-state index is 0.351. The van der Waals surface area contributed by atoms with Gasteiger partial charge in [-0.3, -0.25) is 0 Å². The number of hydrogen-bond acceptors (Lipinski definition) is 7. The maximum absolute atomic E-state index is 5.18. The van der Waals surface area contributed by atoms with Crippen molar-refractivity contribution in [3.8, 4) is 23.1 Å². The third kappa shape index (κ3) is 1.25. The number of aromatic nitrogens is 8. The van der Waals surface area contributed by atoms with Crippen molar-refractivity contribution in [2.45, 2.75) is 0 Å². The summed E-state index contributed by atoms with van der Waals surface area (Å²) in [5.74, 6) is 0.719. The lowest BCUT2D eigenvalue weighted by atomic mass is 10.4. The summed E-state index contributed by atoms with van der Waals surface area (Å²) in [6, 6.07) is 0. The molecule has 0 aliphatic rings. The SMILES string of the molecule is c1oc(-c2cn[nH]n2)nc1-c1nn[nH]n1. The van der Waals surface area contributed by atoms with E-state index in [-0.39, 0.29) is 0 Å². The minimum atomic E-state index is 0.351. The van der Waals surface area contributed by atoms with E-state index in [0.717, 1.165) is 0 Å². The van der Waals surface area contributed by atoms with Crippen LogP contribution in [0.4, 0.5) is 0 Å². The van der Waals surface area contributed by atoms with E-state index in [9.17, 15) is 0 Å². The zero-order valence-electron chi connectivity index (χ0n) is 7.25. The Labute approximate surface area is 81.9 Å². The van der Waals surface area contributed by atoms with E-state index in [1.807, 2.05) is 0 Å². The van der Waals surface area contributed by atoms with Crippen LogP contribution in [0.2, 0.25) is 0 Å². The molecule has 0 saturated heterocycles. The quantitative estimate of drug-likeness (QED) is 0.584. The van der Waals surface area contributed by atoms with E-state index in [2.05, 4.69) is 41.0 Å². The molecule has 0 atom stereocenters. The van der Waals surface area contributed by atoms with Crippen LogP contribution in [-0.2, 0) is 0 Å². The van der Waals surface area contributed by atoms with Gasteiger partial charge in [-0.1, -0.05) is 0 Å². The molecule has 15 heavy (non-hydrogen) atoms. The predicted molar refractivity (Wildman–Crippen MR) is 45.1 cm³/mol. The van der Waals surface area contributed by atoms with Gasteiger partial charge in [0.15, 0.2) is 11.4 Å². The Balaban J connectivity index is 2.02. The molecule has 3 aromatic heterocycles. The molecule has 0 unspecified atom stereocenters. The van der Waals surface area contributed by atoms with Gasteiger partial charge in [0.05, 0.1) is 6.20 Å². The molecule has 3 aromatic rings. The molecule has 0 amide bonds. The van der Waals surface area contributed by atoms with E-state index in [1.165, 1.54) is 12.5 Å². The summed E-state index contributed by atoms with van der Waals surface area (Å²) in [5.41, 5.74) is 1.01. The normalized spacial score (nSPS) is 10.7. The van der Waals surface area contributed by atoms with Crippen molar-refractivity contribution in [1.82, 2.24) is 41.0 Å². The standard InChI is InChI=1S/C6H4N8O/c1-3(9-12-7-1)6-8-4(2-15-6)5-10-13-14-11-5/h1-2H,(H,7,9,12)(H,10,11,13,14). The molecule has 3 rings (SSSR count). The molecule has 0 spiro atoms. The zero-order chi connectivity index (χ0) is 10.1. The summed E-state index contributed by atoms with van der Waals surface area (Å²) in [6.45, 7) is 0. The maximum Gasteiger partial charge on any atom is 0.249 e. The number of nitrogens with one attached hydrogen (secondary N) is 2. The van der Waals surface area contributed by atoms with Gasteiger partial charge >= 0.3 is 0 Å². The average Bonchev–Trinajstić information content (AvgIpc) is 3.02. The first-order valence-electron chi connectivity index (χ1n) is 3.99. The van der Waals surface area contributed by atoms with Gasteiger partial charge in [-0.05, 0) is 5.21 Å². The predicted octanol–water partition coefficient (Wildman–Crippen LogP) is -0.360. The summed E-state index contributed by atoms with van der Waals surface area (Å²) in [4.78, 5) is 4.12. The summed E-state index contributed by atoms with van der Waals surface area (Å²) >= 11 is 0. The highest BCUT2D eigenvalue weighted by Gasteiger charge is 2.12. The fourth-order valence-electron chi connectivity index (χ4n) is 1.07. The van der Waals surface area contributed by atoms with E-state index in [0.29, 0.717) is 23.1 Å². The third-order valence-corrected chi connectivity index (χ3v) is 1.71. The molecule has 9 heteroatoms. The molecule has 2 N–H and O–H groups in total. The van der Waals surface area contributed by atoms with Crippen molar-refractivity contribution in [2.75, 3.05) is 0 Å². The number of tetrazole rings is 1. The second kappa shape index (κ2) is 2.97. The van der Waals surface area contributed by atoms with Gasteiger partial charge in [0.25, 0.3) is 0 Å². The number of oxazole rings is 1. The van der Waals surface area contributed by atoms with Crippen LogP contribution in [0.3, 0.4) is 0 Å². The summed E-state index contributed by atoms with van der Waals surface area (Å²) in [5, 5.41) is 23.2. The first kappa shape index (κ1) is 7.79. The van der Waals surface area contributed by atoms with Gasteiger partial charge in [0.2, 0.25) is 11.7 Å². The molecule has 0 aliphatic carbocycles. The maximum atomic E-state index is 5.18. The van der Waals surface area contributed by atoms with Crippen LogP contribution in [0.1, 0.15) is 0 Å².